The predicted molar refractivity (Wildman–Crippen MR) is 81.2 cm³/mol. The topological polar surface area (TPSA) is 96.3 Å². The van der Waals surface area contributed by atoms with Crippen LogP contribution in [0.3, 0.4) is 0 Å². The Kier molecular flexibility index (Phi) is 3.95. The van der Waals surface area contributed by atoms with Gasteiger partial charge in [0.1, 0.15) is 5.82 Å². The Morgan fingerprint density at radius 2 is 2.24 bits per heavy atom. The van der Waals surface area contributed by atoms with E-state index in [4.69, 9.17) is 0 Å². The Balaban J connectivity index is 1.66. The summed E-state index contributed by atoms with van der Waals surface area (Å²) < 4.78 is 1.92. The van der Waals surface area contributed by atoms with E-state index in [1.807, 2.05) is 23.9 Å². The van der Waals surface area contributed by atoms with Crippen molar-refractivity contribution in [2.24, 2.45) is 0 Å². The van der Waals surface area contributed by atoms with Crippen LogP contribution in [0.1, 0.15) is 13.3 Å². The van der Waals surface area contributed by atoms with Crippen LogP contribution in [-0.2, 0) is 6.54 Å². The summed E-state index contributed by atoms with van der Waals surface area (Å²) in [4.78, 5) is 8.84. The molecule has 0 spiro atoms. The number of anilines is 2. The molecule has 0 aliphatic carbocycles. The van der Waals surface area contributed by atoms with E-state index >= 15 is 0 Å². The fourth-order valence-electron chi connectivity index (χ4n) is 2.09. The summed E-state index contributed by atoms with van der Waals surface area (Å²) >= 11 is 0. The van der Waals surface area contributed by atoms with Crippen LogP contribution in [-0.4, -0.2) is 43.0 Å². The molecule has 0 aliphatic rings. The van der Waals surface area contributed by atoms with E-state index in [1.165, 1.54) is 0 Å². The van der Waals surface area contributed by atoms with Crippen LogP contribution in [0.4, 0.5) is 11.8 Å². The van der Waals surface area contributed by atoms with Gasteiger partial charge in [-0.2, -0.15) is 20.2 Å². The third-order valence-electron chi connectivity index (χ3n) is 3.06. The minimum absolute atomic E-state index is 0.601. The molecule has 8 heteroatoms. The van der Waals surface area contributed by atoms with Gasteiger partial charge in [0.25, 0.3) is 0 Å². The SMILES string of the molecule is CCNc1nc(NCCCn2cccn2)c2cn[nH]c2n1. The maximum atomic E-state index is 4.48. The minimum atomic E-state index is 0.601. The molecule has 8 nitrogen and oxygen atoms in total. The molecule has 0 radical (unpaired) electrons. The van der Waals surface area contributed by atoms with Crippen LogP contribution < -0.4 is 10.6 Å². The number of aryl methyl sites for hydroxylation is 1. The number of hydrogen-bond acceptors (Lipinski definition) is 6. The second-order valence-electron chi connectivity index (χ2n) is 4.61. The van der Waals surface area contributed by atoms with E-state index < -0.39 is 0 Å². The third-order valence-corrected chi connectivity index (χ3v) is 3.06. The number of rotatable bonds is 7. The Morgan fingerprint density at radius 1 is 1.29 bits per heavy atom. The zero-order chi connectivity index (χ0) is 14.5. The Bertz CT molecular complexity index is 687. The van der Waals surface area contributed by atoms with Crippen molar-refractivity contribution >= 4 is 22.8 Å². The highest BCUT2D eigenvalue weighted by Gasteiger charge is 2.08. The fraction of sp³-hybridized carbons (Fsp3) is 0.385. The first kappa shape index (κ1) is 13.3. The highest BCUT2D eigenvalue weighted by atomic mass is 15.3. The Hall–Kier alpha value is -2.64. The van der Waals surface area contributed by atoms with Crippen LogP contribution in [0.5, 0.6) is 0 Å². The van der Waals surface area contributed by atoms with E-state index in [2.05, 4.69) is 35.9 Å². The summed E-state index contributed by atoms with van der Waals surface area (Å²) in [6, 6.07) is 1.93. The summed E-state index contributed by atoms with van der Waals surface area (Å²) in [5.41, 5.74) is 0.732. The molecule has 0 bridgehead atoms. The molecule has 0 saturated carbocycles. The second-order valence-corrected chi connectivity index (χ2v) is 4.61. The van der Waals surface area contributed by atoms with Crippen LogP contribution >= 0.6 is 0 Å². The molecule has 0 atom stereocenters. The number of hydrogen-bond donors (Lipinski definition) is 3. The van der Waals surface area contributed by atoms with Crippen molar-refractivity contribution in [1.82, 2.24) is 29.9 Å². The average Bonchev–Trinajstić information content (AvgIpc) is 3.14. The van der Waals surface area contributed by atoms with Gasteiger partial charge in [-0.1, -0.05) is 0 Å². The molecule has 3 aromatic heterocycles. The molecule has 0 aromatic carbocycles. The van der Waals surface area contributed by atoms with Gasteiger partial charge in [-0.05, 0) is 19.4 Å². The molecule has 3 rings (SSSR count). The van der Waals surface area contributed by atoms with Gasteiger partial charge in [0, 0.05) is 32.0 Å². The van der Waals surface area contributed by atoms with E-state index in [0.29, 0.717) is 5.95 Å². The zero-order valence-electron chi connectivity index (χ0n) is 11.9. The van der Waals surface area contributed by atoms with Crippen LogP contribution in [0.2, 0.25) is 0 Å². The minimum Gasteiger partial charge on any atom is -0.369 e. The van der Waals surface area contributed by atoms with Crippen LogP contribution in [0.25, 0.3) is 11.0 Å². The lowest BCUT2D eigenvalue weighted by Gasteiger charge is -2.09. The van der Waals surface area contributed by atoms with Gasteiger partial charge in [0.2, 0.25) is 5.95 Å². The molecule has 3 N–H and O–H groups in total. The van der Waals surface area contributed by atoms with Gasteiger partial charge >= 0.3 is 0 Å². The predicted octanol–water partition coefficient (Wildman–Crippen LogP) is 1.48. The first-order valence-corrected chi connectivity index (χ1v) is 7.03. The third kappa shape index (κ3) is 3.10. The number of aromatic amines is 1. The summed E-state index contributed by atoms with van der Waals surface area (Å²) in [5.74, 6) is 1.40. The van der Waals surface area contributed by atoms with Gasteiger partial charge in [0.15, 0.2) is 5.65 Å². The van der Waals surface area contributed by atoms with Crippen molar-refractivity contribution in [2.45, 2.75) is 19.9 Å². The number of nitrogens with zero attached hydrogens (tertiary/aromatic N) is 5. The van der Waals surface area contributed by atoms with Gasteiger partial charge < -0.3 is 10.6 Å². The van der Waals surface area contributed by atoms with E-state index in [-0.39, 0.29) is 0 Å². The molecule has 3 aromatic rings. The summed E-state index contributed by atoms with van der Waals surface area (Å²) in [7, 11) is 0. The maximum absolute atomic E-state index is 4.48. The largest absolute Gasteiger partial charge is 0.369 e. The van der Waals surface area contributed by atoms with E-state index in [0.717, 1.165) is 42.9 Å². The van der Waals surface area contributed by atoms with Crippen molar-refractivity contribution in [3.05, 3.63) is 24.7 Å². The molecule has 0 aliphatic heterocycles. The van der Waals surface area contributed by atoms with Gasteiger partial charge in [-0.25, -0.2) is 0 Å². The van der Waals surface area contributed by atoms with Crippen molar-refractivity contribution in [3.8, 4) is 0 Å². The average molecular weight is 286 g/mol. The summed E-state index contributed by atoms with van der Waals surface area (Å²) in [5, 5.41) is 18.4. The maximum Gasteiger partial charge on any atom is 0.226 e. The van der Waals surface area contributed by atoms with Crippen molar-refractivity contribution < 1.29 is 0 Å². The van der Waals surface area contributed by atoms with E-state index in [1.54, 1.807) is 12.4 Å². The molecule has 21 heavy (non-hydrogen) atoms. The molecule has 3 heterocycles. The number of aromatic nitrogens is 6. The lowest BCUT2D eigenvalue weighted by atomic mass is 10.3. The summed E-state index contributed by atoms with van der Waals surface area (Å²) in [6.07, 6.45) is 6.44. The number of H-pyrrole nitrogens is 1. The highest BCUT2D eigenvalue weighted by Crippen LogP contribution is 2.19. The normalized spacial score (nSPS) is 10.9. The fourth-order valence-corrected chi connectivity index (χ4v) is 2.09. The second kappa shape index (κ2) is 6.21. The van der Waals surface area contributed by atoms with E-state index in [9.17, 15) is 0 Å². The molecule has 0 fully saturated rings. The van der Waals surface area contributed by atoms with Crippen LogP contribution in [0, 0.1) is 0 Å². The Morgan fingerprint density at radius 3 is 3.05 bits per heavy atom. The smallest absolute Gasteiger partial charge is 0.226 e. The molecule has 0 unspecified atom stereocenters. The zero-order valence-corrected chi connectivity index (χ0v) is 11.9. The molecular weight excluding hydrogens is 268 g/mol. The molecule has 0 saturated heterocycles. The first-order valence-electron chi connectivity index (χ1n) is 7.03. The monoisotopic (exact) mass is 286 g/mol. The van der Waals surface area contributed by atoms with Gasteiger partial charge in [-0.3, -0.25) is 9.78 Å². The molecular formula is C13H18N8. The summed E-state index contributed by atoms with van der Waals surface area (Å²) in [6.45, 7) is 4.47. The van der Waals surface area contributed by atoms with Gasteiger partial charge in [0.05, 0.1) is 11.6 Å². The first-order chi connectivity index (χ1) is 10.4. The quantitative estimate of drug-likeness (QED) is 0.569. The number of fused-ring (bicyclic) bond motifs is 1. The lowest BCUT2D eigenvalue weighted by Crippen LogP contribution is -2.10. The molecule has 110 valence electrons. The van der Waals surface area contributed by atoms with Crippen molar-refractivity contribution in [1.29, 1.82) is 0 Å². The van der Waals surface area contributed by atoms with Gasteiger partial charge in [-0.15, -0.1) is 0 Å². The van der Waals surface area contributed by atoms with Crippen molar-refractivity contribution in [3.63, 3.8) is 0 Å². The van der Waals surface area contributed by atoms with Crippen molar-refractivity contribution in [2.75, 3.05) is 23.7 Å². The standard InChI is InChI=1S/C13H18N8/c1-2-14-13-18-11(10-9-16-20-12(10)19-13)15-5-3-7-21-8-4-6-17-21/h4,6,8-9H,2-3,5,7H2,1H3,(H3,14,15,16,18,19,20). The Labute approximate surface area is 122 Å². The number of nitrogens with one attached hydrogen (secondary N) is 3. The lowest BCUT2D eigenvalue weighted by molar-refractivity contribution is 0.591. The van der Waals surface area contributed by atoms with Crippen LogP contribution in [0.15, 0.2) is 24.7 Å². The highest BCUT2D eigenvalue weighted by molar-refractivity contribution is 5.86. The molecule has 0 amide bonds.